The molecular formula is C17H25NO4. The highest BCUT2D eigenvalue weighted by Gasteiger charge is 2.22. The van der Waals surface area contributed by atoms with Crippen LogP contribution in [0.15, 0.2) is 12.1 Å². The molecule has 2 rings (SSSR count). The molecule has 22 heavy (non-hydrogen) atoms. The zero-order chi connectivity index (χ0) is 15.9. The van der Waals surface area contributed by atoms with E-state index in [1.807, 2.05) is 12.1 Å². The summed E-state index contributed by atoms with van der Waals surface area (Å²) in [7, 11) is 4.75. The molecule has 0 bridgehead atoms. The second-order valence-corrected chi connectivity index (χ2v) is 5.55. The van der Waals surface area contributed by atoms with Crippen LogP contribution in [0.3, 0.4) is 0 Å². The standard InChI is InChI=1S/C17H25NO4/c1-20-14-10-9-13(15(21-2)16(14)22-3)11-18-17(19)12-7-5-4-6-8-12/h9-10,12H,4-8,11H2,1-3H3,(H,18,19). The summed E-state index contributed by atoms with van der Waals surface area (Å²) in [6.07, 6.45) is 5.53. The van der Waals surface area contributed by atoms with Crippen LogP contribution in [-0.2, 0) is 11.3 Å². The van der Waals surface area contributed by atoms with Gasteiger partial charge in [0.25, 0.3) is 0 Å². The highest BCUT2D eigenvalue weighted by atomic mass is 16.5. The van der Waals surface area contributed by atoms with Gasteiger partial charge in [0, 0.05) is 18.0 Å². The summed E-state index contributed by atoms with van der Waals surface area (Å²) in [5, 5.41) is 3.02. The van der Waals surface area contributed by atoms with E-state index in [1.165, 1.54) is 6.42 Å². The van der Waals surface area contributed by atoms with Crippen molar-refractivity contribution in [2.24, 2.45) is 5.92 Å². The maximum absolute atomic E-state index is 12.2. The van der Waals surface area contributed by atoms with Gasteiger partial charge in [-0.1, -0.05) is 19.3 Å². The van der Waals surface area contributed by atoms with E-state index in [9.17, 15) is 4.79 Å². The first kappa shape index (κ1) is 16.5. The lowest BCUT2D eigenvalue weighted by atomic mass is 9.88. The average molecular weight is 307 g/mol. The topological polar surface area (TPSA) is 56.8 Å². The van der Waals surface area contributed by atoms with Crippen LogP contribution in [-0.4, -0.2) is 27.2 Å². The molecule has 1 fully saturated rings. The Morgan fingerprint density at radius 3 is 2.32 bits per heavy atom. The van der Waals surface area contributed by atoms with Crippen LogP contribution >= 0.6 is 0 Å². The molecular weight excluding hydrogens is 282 g/mol. The predicted octanol–water partition coefficient (Wildman–Crippen LogP) is 2.91. The van der Waals surface area contributed by atoms with Crippen molar-refractivity contribution < 1.29 is 19.0 Å². The molecule has 0 radical (unpaired) electrons. The molecule has 1 amide bonds. The van der Waals surface area contributed by atoms with Gasteiger partial charge in [-0.25, -0.2) is 0 Å². The quantitative estimate of drug-likeness (QED) is 0.878. The summed E-state index contributed by atoms with van der Waals surface area (Å²) in [5.41, 5.74) is 0.879. The molecule has 5 heteroatoms. The molecule has 5 nitrogen and oxygen atoms in total. The number of ether oxygens (including phenoxy) is 3. The third kappa shape index (κ3) is 3.64. The highest BCUT2D eigenvalue weighted by Crippen LogP contribution is 2.39. The Morgan fingerprint density at radius 2 is 1.73 bits per heavy atom. The smallest absolute Gasteiger partial charge is 0.223 e. The number of carbonyl (C=O) groups is 1. The van der Waals surface area contributed by atoms with Gasteiger partial charge >= 0.3 is 0 Å². The fourth-order valence-corrected chi connectivity index (χ4v) is 2.99. The van der Waals surface area contributed by atoms with Crippen molar-refractivity contribution in [1.29, 1.82) is 0 Å². The first-order chi connectivity index (χ1) is 10.7. The van der Waals surface area contributed by atoms with Crippen LogP contribution in [0.5, 0.6) is 17.2 Å². The molecule has 0 heterocycles. The van der Waals surface area contributed by atoms with Gasteiger partial charge in [-0.2, -0.15) is 0 Å². The molecule has 0 aromatic heterocycles. The molecule has 0 atom stereocenters. The lowest BCUT2D eigenvalue weighted by molar-refractivity contribution is -0.126. The molecule has 0 aliphatic heterocycles. The van der Waals surface area contributed by atoms with E-state index in [-0.39, 0.29) is 11.8 Å². The third-order valence-corrected chi connectivity index (χ3v) is 4.21. The van der Waals surface area contributed by atoms with Crippen molar-refractivity contribution in [3.05, 3.63) is 17.7 Å². The molecule has 1 aliphatic carbocycles. The molecule has 0 saturated heterocycles. The van der Waals surface area contributed by atoms with Gasteiger partial charge in [0.05, 0.1) is 21.3 Å². The lowest BCUT2D eigenvalue weighted by Crippen LogP contribution is -2.31. The number of hydrogen-bond donors (Lipinski definition) is 1. The maximum Gasteiger partial charge on any atom is 0.223 e. The van der Waals surface area contributed by atoms with Gasteiger partial charge in [0.1, 0.15) is 0 Å². The summed E-state index contributed by atoms with van der Waals surface area (Å²) in [6.45, 7) is 0.429. The van der Waals surface area contributed by atoms with Crippen LogP contribution in [0.1, 0.15) is 37.7 Å². The Kier molecular flexibility index (Phi) is 5.92. The van der Waals surface area contributed by atoms with Crippen LogP contribution in [0, 0.1) is 5.92 Å². The molecule has 0 unspecified atom stereocenters. The fraction of sp³-hybridized carbons (Fsp3) is 0.588. The van der Waals surface area contributed by atoms with Crippen LogP contribution in [0.4, 0.5) is 0 Å². The number of amides is 1. The molecule has 1 aliphatic rings. The summed E-state index contributed by atoms with van der Waals surface area (Å²) < 4.78 is 16.1. The maximum atomic E-state index is 12.2. The number of nitrogens with one attached hydrogen (secondary N) is 1. The first-order valence-electron chi connectivity index (χ1n) is 7.76. The minimum atomic E-state index is 0.136. The lowest BCUT2D eigenvalue weighted by Gasteiger charge is -2.21. The normalized spacial score (nSPS) is 15.2. The number of methoxy groups -OCH3 is 3. The molecule has 1 aromatic carbocycles. The van der Waals surface area contributed by atoms with Crippen molar-refractivity contribution in [3.8, 4) is 17.2 Å². The monoisotopic (exact) mass is 307 g/mol. The van der Waals surface area contributed by atoms with Crippen LogP contribution < -0.4 is 19.5 Å². The Bertz CT molecular complexity index is 510. The molecule has 0 spiro atoms. The number of hydrogen-bond acceptors (Lipinski definition) is 4. The van der Waals surface area contributed by atoms with Gasteiger partial charge < -0.3 is 19.5 Å². The van der Waals surface area contributed by atoms with Crippen molar-refractivity contribution in [2.45, 2.75) is 38.6 Å². The van der Waals surface area contributed by atoms with Gasteiger partial charge in [-0.15, -0.1) is 0 Å². The van der Waals surface area contributed by atoms with E-state index in [1.54, 1.807) is 21.3 Å². The second-order valence-electron chi connectivity index (χ2n) is 5.55. The predicted molar refractivity (Wildman–Crippen MR) is 84.5 cm³/mol. The van der Waals surface area contributed by atoms with E-state index in [0.29, 0.717) is 23.8 Å². The van der Waals surface area contributed by atoms with Crippen molar-refractivity contribution in [1.82, 2.24) is 5.32 Å². The largest absolute Gasteiger partial charge is 0.493 e. The van der Waals surface area contributed by atoms with Gasteiger partial charge in [-0.05, 0) is 25.0 Å². The van der Waals surface area contributed by atoms with E-state index in [2.05, 4.69) is 5.32 Å². The second kappa shape index (κ2) is 7.92. The van der Waals surface area contributed by atoms with Crippen LogP contribution in [0.2, 0.25) is 0 Å². The molecule has 1 saturated carbocycles. The summed E-state index contributed by atoms with van der Waals surface area (Å²) in [5.74, 6) is 2.05. The zero-order valence-electron chi connectivity index (χ0n) is 13.6. The van der Waals surface area contributed by atoms with E-state index in [0.717, 1.165) is 31.2 Å². The number of carbonyl (C=O) groups excluding carboxylic acids is 1. The highest BCUT2D eigenvalue weighted by molar-refractivity contribution is 5.78. The first-order valence-corrected chi connectivity index (χ1v) is 7.76. The Labute approximate surface area is 131 Å². The van der Waals surface area contributed by atoms with Gasteiger partial charge in [0.2, 0.25) is 11.7 Å². The summed E-state index contributed by atoms with van der Waals surface area (Å²) >= 11 is 0. The molecule has 1 aromatic rings. The Morgan fingerprint density at radius 1 is 1.05 bits per heavy atom. The number of rotatable bonds is 6. The average Bonchev–Trinajstić information content (AvgIpc) is 2.59. The van der Waals surface area contributed by atoms with E-state index < -0.39 is 0 Å². The van der Waals surface area contributed by atoms with E-state index in [4.69, 9.17) is 14.2 Å². The molecule has 122 valence electrons. The summed E-state index contributed by atoms with van der Waals surface area (Å²) in [6, 6.07) is 3.71. The van der Waals surface area contributed by atoms with Crippen LogP contribution in [0.25, 0.3) is 0 Å². The fourth-order valence-electron chi connectivity index (χ4n) is 2.99. The van der Waals surface area contributed by atoms with E-state index >= 15 is 0 Å². The SMILES string of the molecule is COc1ccc(CNC(=O)C2CCCCC2)c(OC)c1OC. The minimum Gasteiger partial charge on any atom is -0.493 e. The summed E-state index contributed by atoms with van der Waals surface area (Å²) in [4.78, 5) is 12.2. The van der Waals surface area contributed by atoms with Crippen molar-refractivity contribution in [3.63, 3.8) is 0 Å². The number of benzene rings is 1. The minimum absolute atomic E-state index is 0.136. The van der Waals surface area contributed by atoms with Gasteiger partial charge in [-0.3, -0.25) is 4.79 Å². The third-order valence-electron chi connectivity index (χ3n) is 4.21. The van der Waals surface area contributed by atoms with Crippen molar-refractivity contribution in [2.75, 3.05) is 21.3 Å². The molecule has 1 N–H and O–H groups in total. The Balaban J connectivity index is 2.07. The Hall–Kier alpha value is -1.91. The van der Waals surface area contributed by atoms with Crippen molar-refractivity contribution >= 4 is 5.91 Å². The zero-order valence-corrected chi connectivity index (χ0v) is 13.6. The van der Waals surface area contributed by atoms with Gasteiger partial charge in [0.15, 0.2) is 11.5 Å².